The zero-order valence-electron chi connectivity index (χ0n) is 9.32. The zero-order valence-corrected chi connectivity index (χ0v) is 10.1. The van der Waals surface area contributed by atoms with Gasteiger partial charge in [-0.15, -0.1) is 0 Å². The molecule has 0 saturated carbocycles. The smallest absolute Gasteiger partial charge is 0.377 e. The quantitative estimate of drug-likeness (QED) is 0.646. The number of ketones is 1. The maximum atomic E-state index is 11.5. The number of Topliss-reactive ketones (excluding diaryl/α,β-unsaturated/α-hetero) is 1. The topological polar surface area (TPSA) is 72.8 Å². The first-order valence-electron chi connectivity index (χ1n) is 4.79. The van der Waals surface area contributed by atoms with Gasteiger partial charge in [-0.2, -0.15) is 0 Å². The summed E-state index contributed by atoms with van der Waals surface area (Å²) in [6.45, 7) is 1.96. The summed E-state index contributed by atoms with van der Waals surface area (Å²) in [5.41, 5.74) is -0.194. The third-order valence-electron chi connectivity index (χ3n) is 2.00. The van der Waals surface area contributed by atoms with E-state index < -0.39 is 11.8 Å². The predicted molar refractivity (Wildman–Crippen MR) is 61.1 cm³/mol. The van der Waals surface area contributed by atoms with Crippen molar-refractivity contribution in [1.82, 2.24) is 0 Å². The molecular weight excluding hydrogens is 248 g/mol. The van der Waals surface area contributed by atoms with E-state index in [0.29, 0.717) is 0 Å². The van der Waals surface area contributed by atoms with E-state index in [0.717, 1.165) is 0 Å². The van der Waals surface area contributed by atoms with Gasteiger partial charge < -0.3 is 14.6 Å². The van der Waals surface area contributed by atoms with Crippen LogP contribution in [0.15, 0.2) is 12.1 Å². The van der Waals surface area contributed by atoms with E-state index in [1.165, 1.54) is 19.2 Å². The Balaban J connectivity index is 3.43. The van der Waals surface area contributed by atoms with Crippen LogP contribution in [-0.4, -0.2) is 30.6 Å². The van der Waals surface area contributed by atoms with Crippen molar-refractivity contribution in [3.63, 3.8) is 0 Å². The average molecular weight is 259 g/mol. The summed E-state index contributed by atoms with van der Waals surface area (Å²) in [5.74, 6) is -2.41. The van der Waals surface area contributed by atoms with Crippen LogP contribution in [0.2, 0.25) is 5.02 Å². The van der Waals surface area contributed by atoms with E-state index in [1.54, 1.807) is 6.92 Å². The van der Waals surface area contributed by atoms with Gasteiger partial charge in [0.25, 0.3) is 5.78 Å². The van der Waals surface area contributed by atoms with E-state index in [1.807, 2.05) is 0 Å². The molecule has 0 aliphatic carbocycles. The Morgan fingerprint density at radius 3 is 2.53 bits per heavy atom. The molecule has 0 radical (unpaired) electrons. The monoisotopic (exact) mass is 258 g/mol. The molecular formula is C11H11ClO5. The van der Waals surface area contributed by atoms with Crippen molar-refractivity contribution >= 4 is 23.4 Å². The van der Waals surface area contributed by atoms with E-state index in [-0.39, 0.29) is 28.7 Å². The number of hydrogen-bond donors (Lipinski definition) is 1. The summed E-state index contributed by atoms with van der Waals surface area (Å²) in [6.07, 6.45) is 0. The molecule has 0 spiro atoms. The van der Waals surface area contributed by atoms with E-state index >= 15 is 0 Å². The molecule has 1 aromatic carbocycles. The van der Waals surface area contributed by atoms with Gasteiger partial charge in [-0.25, -0.2) is 4.79 Å². The number of carbonyl (C=O) groups excluding carboxylic acids is 1. The lowest BCUT2D eigenvalue weighted by atomic mass is 10.1. The Labute approximate surface area is 103 Å². The lowest BCUT2D eigenvalue weighted by molar-refractivity contribution is -0.131. The summed E-state index contributed by atoms with van der Waals surface area (Å²) in [4.78, 5) is 22.2. The molecule has 0 aliphatic rings. The Kier molecular flexibility index (Phi) is 4.34. The lowest BCUT2D eigenvalue weighted by Gasteiger charge is -2.13. The Bertz CT molecular complexity index is 455. The number of benzene rings is 1. The maximum Gasteiger partial charge on any atom is 0.377 e. The molecule has 0 fully saturated rings. The van der Waals surface area contributed by atoms with Crippen LogP contribution in [0.5, 0.6) is 11.5 Å². The van der Waals surface area contributed by atoms with Crippen molar-refractivity contribution in [1.29, 1.82) is 0 Å². The number of aliphatic carboxylic acids is 1. The van der Waals surface area contributed by atoms with E-state index in [9.17, 15) is 9.59 Å². The molecule has 1 aromatic rings. The van der Waals surface area contributed by atoms with Crippen LogP contribution in [0.4, 0.5) is 0 Å². The average Bonchev–Trinajstić information content (AvgIpc) is 2.29. The summed E-state index contributed by atoms with van der Waals surface area (Å²) in [5, 5.41) is 8.73. The molecule has 0 saturated heterocycles. The van der Waals surface area contributed by atoms with Gasteiger partial charge in [0.05, 0.1) is 24.3 Å². The van der Waals surface area contributed by atoms with Crippen LogP contribution in [0.25, 0.3) is 0 Å². The molecule has 1 rings (SSSR count). The Morgan fingerprint density at radius 1 is 1.41 bits per heavy atom. The highest BCUT2D eigenvalue weighted by Gasteiger charge is 2.25. The fourth-order valence-electron chi connectivity index (χ4n) is 1.31. The predicted octanol–water partition coefficient (Wildman–Crippen LogP) is 2.01. The molecule has 5 nitrogen and oxygen atoms in total. The lowest BCUT2D eigenvalue weighted by Crippen LogP contribution is -2.15. The fourth-order valence-corrected chi connectivity index (χ4v) is 1.54. The second kappa shape index (κ2) is 5.54. The molecule has 0 amide bonds. The number of halogens is 1. The van der Waals surface area contributed by atoms with Crippen molar-refractivity contribution in [2.24, 2.45) is 0 Å². The van der Waals surface area contributed by atoms with Crippen LogP contribution >= 0.6 is 11.6 Å². The van der Waals surface area contributed by atoms with Crippen LogP contribution in [0.1, 0.15) is 17.3 Å². The Morgan fingerprint density at radius 2 is 2.06 bits per heavy atom. The molecule has 6 heteroatoms. The summed E-state index contributed by atoms with van der Waals surface area (Å²) in [7, 11) is 1.39. The van der Waals surface area contributed by atoms with E-state index in [4.69, 9.17) is 26.2 Å². The number of hydrogen-bond acceptors (Lipinski definition) is 4. The minimum Gasteiger partial charge on any atom is -0.493 e. The van der Waals surface area contributed by atoms with Gasteiger partial charge in [0.15, 0.2) is 11.5 Å². The van der Waals surface area contributed by atoms with Gasteiger partial charge in [0, 0.05) is 0 Å². The summed E-state index contributed by atoms with van der Waals surface area (Å²) < 4.78 is 10.2. The molecule has 92 valence electrons. The van der Waals surface area contributed by atoms with Crippen LogP contribution in [0, 0.1) is 0 Å². The van der Waals surface area contributed by atoms with Gasteiger partial charge in [-0.1, -0.05) is 11.6 Å². The van der Waals surface area contributed by atoms with Gasteiger partial charge in [0.2, 0.25) is 0 Å². The molecule has 0 bridgehead atoms. The second-order valence-corrected chi connectivity index (χ2v) is 3.43. The number of carbonyl (C=O) groups is 2. The first kappa shape index (κ1) is 13.3. The highest BCUT2D eigenvalue weighted by Crippen LogP contribution is 2.36. The highest BCUT2D eigenvalue weighted by atomic mass is 35.5. The van der Waals surface area contributed by atoms with Gasteiger partial charge >= 0.3 is 5.97 Å². The molecule has 0 aliphatic heterocycles. The first-order valence-corrected chi connectivity index (χ1v) is 5.17. The zero-order chi connectivity index (χ0) is 13.0. The molecule has 17 heavy (non-hydrogen) atoms. The summed E-state index contributed by atoms with van der Waals surface area (Å²) >= 11 is 5.81. The summed E-state index contributed by atoms with van der Waals surface area (Å²) in [6, 6.07) is 2.89. The number of methoxy groups -OCH3 is 1. The van der Waals surface area contributed by atoms with Gasteiger partial charge in [-0.05, 0) is 19.1 Å². The first-order chi connectivity index (χ1) is 8.02. The highest BCUT2D eigenvalue weighted by molar-refractivity contribution is 6.45. The fraction of sp³-hybridized carbons (Fsp3) is 0.273. The minimum atomic E-state index is -1.60. The maximum absolute atomic E-state index is 11.5. The number of rotatable bonds is 5. The van der Waals surface area contributed by atoms with Crippen LogP contribution in [-0.2, 0) is 4.79 Å². The van der Waals surface area contributed by atoms with E-state index in [2.05, 4.69) is 0 Å². The van der Waals surface area contributed by atoms with Gasteiger partial charge in [-0.3, -0.25) is 4.79 Å². The third-order valence-corrected chi connectivity index (χ3v) is 2.32. The van der Waals surface area contributed by atoms with Crippen molar-refractivity contribution in [3.05, 3.63) is 22.7 Å². The largest absolute Gasteiger partial charge is 0.493 e. The normalized spacial score (nSPS) is 9.82. The van der Waals surface area contributed by atoms with Gasteiger partial charge in [0.1, 0.15) is 0 Å². The third kappa shape index (κ3) is 2.68. The standard InChI is InChI=1S/C11H11ClO5/c1-3-17-10-7(16-2)5-4-6(12)8(10)9(13)11(14)15/h4-5H,3H2,1-2H3,(H,14,15). The molecule has 0 unspecified atom stereocenters. The molecule has 1 N–H and O–H groups in total. The SMILES string of the molecule is CCOc1c(OC)ccc(Cl)c1C(=O)C(=O)O. The van der Waals surface area contributed by atoms with Crippen molar-refractivity contribution < 1.29 is 24.2 Å². The minimum absolute atomic E-state index is 0.0154. The van der Waals surface area contributed by atoms with Crippen LogP contribution < -0.4 is 9.47 Å². The molecule has 0 aromatic heterocycles. The number of carboxylic acids is 1. The molecule has 0 heterocycles. The van der Waals surface area contributed by atoms with Crippen molar-refractivity contribution in [2.75, 3.05) is 13.7 Å². The number of ether oxygens (including phenoxy) is 2. The van der Waals surface area contributed by atoms with Crippen molar-refractivity contribution in [3.8, 4) is 11.5 Å². The van der Waals surface area contributed by atoms with Crippen molar-refractivity contribution in [2.45, 2.75) is 6.92 Å². The Hall–Kier alpha value is -1.75. The van der Waals surface area contributed by atoms with Crippen LogP contribution in [0.3, 0.4) is 0 Å². The number of carboxylic acid groups (broad SMARTS) is 1. The molecule has 0 atom stereocenters. The second-order valence-electron chi connectivity index (χ2n) is 3.02.